The molecule has 1 saturated carbocycles. The van der Waals surface area contributed by atoms with Crippen molar-refractivity contribution in [3.63, 3.8) is 0 Å². The van der Waals surface area contributed by atoms with Crippen LogP contribution in [0.2, 0.25) is 0 Å². The van der Waals surface area contributed by atoms with Crippen LogP contribution in [0.5, 0.6) is 0 Å². The highest BCUT2D eigenvalue weighted by molar-refractivity contribution is 4.91. The van der Waals surface area contributed by atoms with E-state index in [0.29, 0.717) is 12.2 Å². The van der Waals surface area contributed by atoms with Crippen LogP contribution in [0, 0.1) is 5.92 Å². The van der Waals surface area contributed by atoms with Crippen LogP contribution in [-0.2, 0) is 0 Å². The highest BCUT2D eigenvalue weighted by atomic mass is 16.5. The molecule has 2 heteroatoms. The third-order valence-corrected chi connectivity index (χ3v) is 3.44. The van der Waals surface area contributed by atoms with Crippen molar-refractivity contribution in [2.45, 2.75) is 50.4 Å². The highest BCUT2D eigenvalue weighted by Gasteiger charge is 2.43. The molecule has 0 amide bonds. The fraction of sp³-hybridized carbons (Fsp3) is 0.818. The van der Waals surface area contributed by atoms with Crippen LogP contribution in [0.3, 0.4) is 0 Å². The number of aliphatic hydroxyl groups is 2. The van der Waals surface area contributed by atoms with E-state index < -0.39 is 0 Å². The van der Waals surface area contributed by atoms with Gasteiger partial charge in [-0.15, -0.1) is 6.58 Å². The molecule has 2 fully saturated rings. The quantitative estimate of drug-likeness (QED) is 0.519. The van der Waals surface area contributed by atoms with Crippen molar-refractivity contribution in [1.29, 1.82) is 0 Å². The van der Waals surface area contributed by atoms with Crippen LogP contribution >= 0.6 is 0 Å². The molecule has 0 spiro atoms. The summed E-state index contributed by atoms with van der Waals surface area (Å²) in [6.07, 6.45) is 9.45. The fourth-order valence-corrected chi connectivity index (χ4v) is 2.74. The van der Waals surface area contributed by atoms with Gasteiger partial charge >= 0.3 is 0 Å². The zero-order chi connectivity index (χ0) is 9.26. The van der Waals surface area contributed by atoms with Gasteiger partial charge in [0.15, 0.2) is 12.2 Å². The SMILES string of the molecule is C=CC(N)CC1CC2CCCC2[OH+]1. The molecule has 1 heterocycles. The first kappa shape index (κ1) is 9.22. The van der Waals surface area contributed by atoms with Gasteiger partial charge in [-0.2, -0.15) is 0 Å². The van der Waals surface area contributed by atoms with E-state index in [2.05, 4.69) is 6.58 Å². The molecule has 2 nitrogen and oxygen atoms in total. The zero-order valence-electron chi connectivity index (χ0n) is 8.15. The molecule has 2 rings (SSSR count). The first-order chi connectivity index (χ1) is 6.29. The standard InChI is InChI=1S/C11H19NO/c1-2-9(12)7-10-6-8-4-3-5-11(8)13-10/h2,8-11H,1,3-7,12H2/p+1. The Morgan fingerprint density at radius 1 is 1.54 bits per heavy atom. The van der Waals surface area contributed by atoms with E-state index in [1.807, 2.05) is 6.08 Å². The minimum Gasteiger partial charge on any atom is -0.429 e. The van der Waals surface area contributed by atoms with Crippen molar-refractivity contribution >= 4 is 0 Å². The molecule has 4 unspecified atom stereocenters. The van der Waals surface area contributed by atoms with Crippen molar-refractivity contribution in [1.82, 2.24) is 0 Å². The lowest BCUT2D eigenvalue weighted by Crippen LogP contribution is -2.26. The van der Waals surface area contributed by atoms with Crippen molar-refractivity contribution in [2.24, 2.45) is 11.7 Å². The maximum Gasteiger partial charge on any atom is 0.158 e. The first-order valence-electron chi connectivity index (χ1n) is 5.37. The molecule has 0 aromatic heterocycles. The lowest BCUT2D eigenvalue weighted by atomic mass is 9.99. The summed E-state index contributed by atoms with van der Waals surface area (Å²) < 4.78 is 4.81. The van der Waals surface area contributed by atoms with Gasteiger partial charge in [0.1, 0.15) is 0 Å². The van der Waals surface area contributed by atoms with Gasteiger partial charge in [-0.25, -0.2) is 0 Å². The average Bonchev–Trinajstić information content (AvgIpc) is 2.63. The number of hydrogen-bond donors (Lipinski definition) is 1. The third kappa shape index (κ3) is 1.94. The molecule has 1 saturated heterocycles. The molecule has 3 N–H and O–H groups in total. The maximum atomic E-state index is 5.83. The maximum absolute atomic E-state index is 5.83. The molecule has 13 heavy (non-hydrogen) atoms. The van der Waals surface area contributed by atoms with Gasteiger partial charge in [0.25, 0.3) is 0 Å². The van der Waals surface area contributed by atoms with Crippen LogP contribution < -0.4 is 5.73 Å². The van der Waals surface area contributed by atoms with E-state index in [0.717, 1.165) is 12.3 Å². The van der Waals surface area contributed by atoms with Crippen LogP contribution in [0.15, 0.2) is 12.7 Å². The van der Waals surface area contributed by atoms with Crippen molar-refractivity contribution in [2.75, 3.05) is 0 Å². The lowest BCUT2D eigenvalue weighted by Gasteiger charge is -2.11. The Balaban J connectivity index is 1.81. The lowest BCUT2D eigenvalue weighted by molar-refractivity contribution is -0.121. The normalized spacial score (nSPS) is 40.2. The largest absolute Gasteiger partial charge is 0.429 e. The fourth-order valence-electron chi connectivity index (χ4n) is 2.74. The van der Waals surface area contributed by atoms with E-state index in [-0.39, 0.29) is 6.04 Å². The Hall–Kier alpha value is -0.340. The van der Waals surface area contributed by atoms with E-state index >= 15 is 0 Å². The van der Waals surface area contributed by atoms with Gasteiger partial charge < -0.3 is 10.5 Å². The molecule has 0 bridgehead atoms. The molecule has 74 valence electrons. The van der Waals surface area contributed by atoms with Crippen molar-refractivity contribution in [3.8, 4) is 0 Å². The van der Waals surface area contributed by atoms with Crippen LogP contribution in [0.1, 0.15) is 32.1 Å². The summed E-state index contributed by atoms with van der Waals surface area (Å²) in [6, 6.07) is 0.146. The summed E-state index contributed by atoms with van der Waals surface area (Å²) >= 11 is 0. The van der Waals surface area contributed by atoms with Crippen molar-refractivity contribution in [3.05, 3.63) is 12.7 Å². The second kappa shape index (κ2) is 3.81. The average molecular weight is 182 g/mol. The predicted octanol–water partition coefficient (Wildman–Crippen LogP) is 1.36. The van der Waals surface area contributed by atoms with Gasteiger partial charge in [-0.3, -0.25) is 0 Å². The Bertz CT molecular complexity index is 181. The summed E-state index contributed by atoms with van der Waals surface area (Å²) in [5, 5.41) is 0. The Morgan fingerprint density at radius 3 is 3.08 bits per heavy atom. The number of hydrogen-bond acceptors (Lipinski definition) is 1. The van der Waals surface area contributed by atoms with E-state index in [9.17, 15) is 0 Å². The van der Waals surface area contributed by atoms with Crippen LogP contribution in [-0.4, -0.2) is 23.0 Å². The Labute approximate surface area is 80.1 Å². The molecular formula is C11H20NO+. The summed E-state index contributed by atoms with van der Waals surface area (Å²) in [7, 11) is 0. The van der Waals surface area contributed by atoms with Crippen LogP contribution in [0.25, 0.3) is 0 Å². The van der Waals surface area contributed by atoms with Gasteiger partial charge in [0, 0.05) is 31.2 Å². The monoisotopic (exact) mass is 182 g/mol. The number of nitrogens with two attached hydrogens (primary N) is 1. The molecular weight excluding hydrogens is 162 g/mol. The molecule has 1 aliphatic carbocycles. The Kier molecular flexibility index (Phi) is 2.70. The summed E-state index contributed by atoms with van der Waals surface area (Å²) in [5.74, 6) is 0.891. The predicted molar refractivity (Wildman–Crippen MR) is 54.5 cm³/mol. The second-order valence-electron chi connectivity index (χ2n) is 4.43. The zero-order valence-corrected chi connectivity index (χ0v) is 8.15. The van der Waals surface area contributed by atoms with E-state index in [1.54, 1.807) is 0 Å². The van der Waals surface area contributed by atoms with Gasteiger partial charge in [0.2, 0.25) is 0 Å². The van der Waals surface area contributed by atoms with Gasteiger partial charge in [0.05, 0.1) is 0 Å². The molecule has 2 aliphatic rings. The summed E-state index contributed by atoms with van der Waals surface area (Å²) in [6.45, 7) is 3.71. The summed E-state index contributed by atoms with van der Waals surface area (Å²) in [4.78, 5) is 0. The van der Waals surface area contributed by atoms with E-state index in [4.69, 9.17) is 10.5 Å². The minimum absolute atomic E-state index is 0.146. The summed E-state index contributed by atoms with van der Waals surface area (Å²) in [5.41, 5.74) is 5.83. The molecule has 0 aromatic carbocycles. The highest BCUT2D eigenvalue weighted by Crippen LogP contribution is 2.38. The smallest absolute Gasteiger partial charge is 0.158 e. The van der Waals surface area contributed by atoms with Crippen LogP contribution in [0.4, 0.5) is 0 Å². The number of ether oxygens (including phenoxy) is 1. The first-order valence-corrected chi connectivity index (χ1v) is 5.37. The topological polar surface area (TPSA) is 38.8 Å². The van der Waals surface area contributed by atoms with E-state index in [1.165, 1.54) is 25.7 Å². The molecule has 4 atom stereocenters. The molecule has 0 aromatic rings. The third-order valence-electron chi connectivity index (χ3n) is 3.44. The number of rotatable bonds is 3. The van der Waals surface area contributed by atoms with Gasteiger partial charge in [-0.05, 0) is 12.8 Å². The molecule has 0 radical (unpaired) electrons. The molecule has 1 aliphatic heterocycles. The van der Waals surface area contributed by atoms with Crippen molar-refractivity contribution < 1.29 is 4.74 Å². The second-order valence-corrected chi connectivity index (χ2v) is 4.43. The minimum atomic E-state index is 0.146. The number of fused-ring (bicyclic) bond motifs is 1. The van der Waals surface area contributed by atoms with Gasteiger partial charge in [-0.1, -0.05) is 6.08 Å². The Morgan fingerprint density at radius 2 is 2.38 bits per heavy atom.